The molecule has 2 heterocycles. The Hall–Kier alpha value is -1.89. The fraction of sp³-hybridized carbons (Fsp3) is 0.688. The zero-order valence-corrected chi connectivity index (χ0v) is 14.3. The van der Waals surface area contributed by atoms with Gasteiger partial charge in [-0.25, -0.2) is 4.98 Å². The molecular weight excluding hydrogens is 296 g/mol. The van der Waals surface area contributed by atoms with E-state index in [-0.39, 0.29) is 17.9 Å². The van der Waals surface area contributed by atoms with Crippen molar-refractivity contribution in [3.05, 3.63) is 17.7 Å². The molecule has 0 bridgehead atoms. The van der Waals surface area contributed by atoms with Crippen LogP contribution in [0.15, 0.2) is 6.20 Å². The van der Waals surface area contributed by atoms with Crippen LogP contribution in [0.1, 0.15) is 49.5 Å². The lowest BCUT2D eigenvalue weighted by molar-refractivity contribution is -0.135. The molecule has 0 aliphatic carbocycles. The van der Waals surface area contributed by atoms with Crippen molar-refractivity contribution < 1.29 is 14.3 Å². The van der Waals surface area contributed by atoms with Gasteiger partial charge in [-0.15, -0.1) is 0 Å². The maximum Gasteiger partial charge on any atom is 0.271 e. The van der Waals surface area contributed by atoms with Gasteiger partial charge < -0.3 is 19.5 Å². The fourth-order valence-corrected chi connectivity index (χ4v) is 2.77. The van der Waals surface area contributed by atoms with E-state index in [4.69, 9.17) is 4.74 Å². The minimum atomic E-state index is -0.212. The van der Waals surface area contributed by atoms with Crippen molar-refractivity contribution in [2.75, 3.05) is 26.8 Å². The number of hydrogen-bond donors (Lipinski definition) is 1. The zero-order valence-electron chi connectivity index (χ0n) is 14.3. The second-order valence-corrected chi connectivity index (χ2v) is 6.29. The molecule has 0 saturated carbocycles. The normalized spacial score (nSPS) is 17.3. The molecule has 0 fully saturated rings. The van der Waals surface area contributed by atoms with Crippen LogP contribution in [0, 0.1) is 5.92 Å². The third kappa shape index (κ3) is 4.10. The number of rotatable bonds is 6. The summed E-state index contributed by atoms with van der Waals surface area (Å²) in [6.07, 6.45) is 2.30. The van der Waals surface area contributed by atoms with E-state index in [1.165, 1.54) is 0 Å². The fourth-order valence-electron chi connectivity index (χ4n) is 2.77. The Labute approximate surface area is 137 Å². The summed E-state index contributed by atoms with van der Waals surface area (Å²) in [4.78, 5) is 30.7. The van der Waals surface area contributed by atoms with E-state index in [1.807, 2.05) is 30.2 Å². The lowest BCUT2D eigenvalue weighted by Crippen LogP contribution is -2.41. The molecule has 0 saturated heterocycles. The van der Waals surface area contributed by atoms with E-state index in [0.717, 1.165) is 5.82 Å². The van der Waals surface area contributed by atoms with Crippen LogP contribution in [-0.4, -0.2) is 53.1 Å². The first kappa shape index (κ1) is 17.5. The highest BCUT2D eigenvalue weighted by Crippen LogP contribution is 2.25. The van der Waals surface area contributed by atoms with Crippen LogP contribution in [-0.2, 0) is 16.1 Å². The van der Waals surface area contributed by atoms with Crippen molar-refractivity contribution in [1.82, 2.24) is 19.8 Å². The molecule has 0 spiro atoms. The number of fused-ring (bicyclic) bond motifs is 1. The van der Waals surface area contributed by atoms with E-state index >= 15 is 0 Å². The van der Waals surface area contributed by atoms with Crippen molar-refractivity contribution in [2.45, 2.75) is 39.8 Å². The minimum Gasteiger partial charge on any atom is -0.383 e. The standard InChI is InChI=1S/C16H26N4O3/c1-11(2)9-14(21)20-7-6-19-10-13(18-15(19)12(20)3)16(22)17-5-8-23-4/h10-12H,5-9H2,1-4H3,(H,17,22). The molecule has 1 atom stereocenters. The van der Waals surface area contributed by atoms with Crippen LogP contribution in [0.3, 0.4) is 0 Å². The maximum absolute atomic E-state index is 12.3. The van der Waals surface area contributed by atoms with Gasteiger partial charge in [0.2, 0.25) is 5.91 Å². The summed E-state index contributed by atoms with van der Waals surface area (Å²) in [6, 6.07) is -0.115. The summed E-state index contributed by atoms with van der Waals surface area (Å²) >= 11 is 0. The molecule has 7 heteroatoms. The predicted molar refractivity (Wildman–Crippen MR) is 86.0 cm³/mol. The van der Waals surface area contributed by atoms with Gasteiger partial charge in [0, 0.05) is 39.4 Å². The van der Waals surface area contributed by atoms with Crippen LogP contribution in [0.2, 0.25) is 0 Å². The Bertz CT molecular complexity index is 568. The van der Waals surface area contributed by atoms with Crippen LogP contribution >= 0.6 is 0 Å². The number of imidazole rings is 1. The quantitative estimate of drug-likeness (QED) is 0.799. The molecule has 1 unspecified atom stereocenters. The van der Waals surface area contributed by atoms with Crippen molar-refractivity contribution >= 4 is 11.8 Å². The first-order valence-corrected chi connectivity index (χ1v) is 8.07. The third-order valence-corrected chi connectivity index (χ3v) is 3.96. The molecule has 1 aromatic heterocycles. The molecule has 1 aliphatic rings. The van der Waals surface area contributed by atoms with Gasteiger partial charge in [0.15, 0.2) is 0 Å². The average molecular weight is 322 g/mol. The van der Waals surface area contributed by atoms with Crippen LogP contribution in [0.25, 0.3) is 0 Å². The van der Waals surface area contributed by atoms with E-state index in [0.29, 0.717) is 44.3 Å². The van der Waals surface area contributed by atoms with Crippen LogP contribution < -0.4 is 5.32 Å². The van der Waals surface area contributed by atoms with Gasteiger partial charge in [-0.3, -0.25) is 9.59 Å². The number of amides is 2. The molecule has 0 aromatic carbocycles. The van der Waals surface area contributed by atoms with Crippen molar-refractivity contribution in [3.63, 3.8) is 0 Å². The highest BCUT2D eigenvalue weighted by Gasteiger charge is 2.30. The number of carbonyl (C=O) groups excluding carboxylic acids is 2. The summed E-state index contributed by atoms with van der Waals surface area (Å²) in [7, 11) is 1.59. The number of carbonyl (C=O) groups is 2. The summed E-state index contributed by atoms with van der Waals surface area (Å²) in [5.41, 5.74) is 0.390. The van der Waals surface area contributed by atoms with Crippen molar-refractivity contribution in [1.29, 1.82) is 0 Å². The smallest absolute Gasteiger partial charge is 0.271 e. The lowest BCUT2D eigenvalue weighted by Gasteiger charge is -2.34. The molecule has 1 aromatic rings. The highest BCUT2D eigenvalue weighted by atomic mass is 16.5. The van der Waals surface area contributed by atoms with Gasteiger partial charge >= 0.3 is 0 Å². The first-order valence-electron chi connectivity index (χ1n) is 8.07. The molecule has 128 valence electrons. The molecule has 1 aliphatic heterocycles. The van der Waals surface area contributed by atoms with Crippen molar-refractivity contribution in [3.8, 4) is 0 Å². The number of methoxy groups -OCH3 is 1. The lowest BCUT2D eigenvalue weighted by atomic mass is 10.1. The number of nitrogens with zero attached hydrogens (tertiary/aromatic N) is 3. The van der Waals surface area contributed by atoms with Gasteiger partial charge in [-0.05, 0) is 12.8 Å². The molecule has 7 nitrogen and oxygen atoms in total. The Morgan fingerprint density at radius 2 is 2.17 bits per heavy atom. The SMILES string of the molecule is COCCNC(=O)c1cn2c(n1)C(C)N(C(=O)CC(C)C)CC2. The van der Waals surface area contributed by atoms with Gasteiger partial charge in [-0.1, -0.05) is 13.8 Å². The minimum absolute atomic E-state index is 0.115. The summed E-state index contributed by atoms with van der Waals surface area (Å²) in [6.45, 7) is 8.27. The number of hydrogen-bond acceptors (Lipinski definition) is 4. The van der Waals surface area contributed by atoms with E-state index in [1.54, 1.807) is 13.3 Å². The average Bonchev–Trinajstić information content (AvgIpc) is 2.92. The molecule has 23 heavy (non-hydrogen) atoms. The Morgan fingerprint density at radius 1 is 1.43 bits per heavy atom. The molecule has 2 amide bonds. The zero-order chi connectivity index (χ0) is 17.0. The second kappa shape index (κ2) is 7.59. The van der Waals surface area contributed by atoms with Crippen LogP contribution in [0.5, 0.6) is 0 Å². The van der Waals surface area contributed by atoms with E-state index < -0.39 is 0 Å². The number of ether oxygens (including phenoxy) is 1. The van der Waals surface area contributed by atoms with Gasteiger partial charge in [0.25, 0.3) is 5.91 Å². The molecule has 1 N–H and O–H groups in total. The maximum atomic E-state index is 12.3. The van der Waals surface area contributed by atoms with E-state index in [9.17, 15) is 9.59 Å². The number of nitrogens with one attached hydrogen (secondary N) is 1. The highest BCUT2D eigenvalue weighted by molar-refractivity contribution is 5.92. The molecule has 2 rings (SSSR count). The summed E-state index contributed by atoms with van der Waals surface area (Å²) in [5, 5.41) is 2.76. The molecule has 0 radical (unpaired) electrons. The predicted octanol–water partition coefficient (Wildman–Crippen LogP) is 1.21. The van der Waals surface area contributed by atoms with Gasteiger partial charge in [0.1, 0.15) is 11.5 Å². The summed E-state index contributed by atoms with van der Waals surface area (Å²) in [5.74, 6) is 1.03. The first-order chi connectivity index (χ1) is 10.9. The topological polar surface area (TPSA) is 76.5 Å². The number of aromatic nitrogens is 2. The van der Waals surface area contributed by atoms with E-state index in [2.05, 4.69) is 10.3 Å². The Kier molecular flexibility index (Phi) is 5.76. The van der Waals surface area contributed by atoms with Crippen LogP contribution in [0.4, 0.5) is 0 Å². The van der Waals surface area contributed by atoms with Gasteiger partial charge in [-0.2, -0.15) is 0 Å². The second-order valence-electron chi connectivity index (χ2n) is 6.29. The Morgan fingerprint density at radius 3 is 2.83 bits per heavy atom. The van der Waals surface area contributed by atoms with Crippen molar-refractivity contribution in [2.24, 2.45) is 5.92 Å². The summed E-state index contributed by atoms with van der Waals surface area (Å²) < 4.78 is 6.88. The Balaban J connectivity index is 2.08. The monoisotopic (exact) mass is 322 g/mol. The largest absolute Gasteiger partial charge is 0.383 e. The molecular formula is C16H26N4O3. The van der Waals surface area contributed by atoms with Gasteiger partial charge in [0.05, 0.1) is 12.6 Å². The third-order valence-electron chi connectivity index (χ3n) is 3.96.